The van der Waals surface area contributed by atoms with Crippen molar-refractivity contribution in [3.63, 3.8) is 0 Å². The second kappa shape index (κ2) is 7.63. The van der Waals surface area contributed by atoms with Crippen LogP contribution in [0.3, 0.4) is 0 Å². The lowest BCUT2D eigenvalue weighted by atomic mass is 10.1. The fourth-order valence-electron chi connectivity index (χ4n) is 3.57. The summed E-state index contributed by atoms with van der Waals surface area (Å²) in [7, 11) is 0. The standard InChI is InChI=1S/C19H17F4N5O2/c20-10-1-2-11(21)9(3-10)6-25-18(30)16-15-13(7-24-16)26-8-27-17(15)28-12-4-19(22,23)5-14(12)29/h1-3,8,12,14,29H,4-7H2,(H,25,30)(H,26,27,28)/t12-,14-/m1/s1. The minimum Gasteiger partial charge on any atom is -0.391 e. The summed E-state index contributed by atoms with van der Waals surface area (Å²) in [5.74, 6) is -4.89. The SMILES string of the molecule is O=C(NCc1cc(F)ccc1F)C1=NCc2ncnc(N[C@@H]3CC(F)(F)C[C@H]3O)c21. The highest BCUT2D eigenvalue weighted by Gasteiger charge is 2.46. The minimum atomic E-state index is -3.00. The monoisotopic (exact) mass is 423 g/mol. The Hall–Kier alpha value is -3.08. The summed E-state index contributed by atoms with van der Waals surface area (Å²) in [5, 5.41) is 15.1. The van der Waals surface area contributed by atoms with Gasteiger partial charge in [0.1, 0.15) is 29.5 Å². The van der Waals surface area contributed by atoms with Crippen molar-refractivity contribution in [2.75, 3.05) is 5.32 Å². The maximum absolute atomic E-state index is 13.8. The molecule has 1 aliphatic carbocycles. The van der Waals surface area contributed by atoms with Gasteiger partial charge in [-0.05, 0) is 18.2 Å². The molecule has 7 nitrogen and oxygen atoms in total. The van der Waals surface area contributed by atoms with Crippen molar-refractivity contribution in [2.24, 2.45) is 4.99 Å². The number of alkyl halides is 2. The van der Waals surface area contributed by atoms with Crippen LogP contribution in [0.2, 0.25) is 0 Å². The highest BCUT2D eigenvalue weighted by Crippen LogP contribution is 2.37. The molecule has 1 amide bonds. The maximum atomic E-state index is 13.8. The van der Waals surface area contributed by atoms with Crippen molar-refractivity contribution in [1.82, 2.24) is 15.3 Å². The first-order valence-corrected chi connectivity index (χ1v) is 9.17. The van der Waals surface area contributed by atoms with Gasteiger partial charge in [0, 0.05) is 24.9 Å². The van der Waals surface area contributed by atoms with Gasteiger partial charge in [-0.2, -0.15) is 0 Å². The quantitative estimate of drug-likeness (QED) is 0.639. The molecule has 4 rings (SSSR count). The first-order valence-electron chi connectivity index (χ1n) is 9.17. The van der Waals surface area contributed by atoms with Gasteiger partial charge in [-0.3, -0.25) is 9.79 Å². The molecule has 2 atom stereocenters. The largest absolute Gasteiger partial charge is 0.391 e. The lowest BCUT2D eigenvalue weighted by Crippen LogP contribution is -2.33. The van der Waals surface area contributed by atoms with Crippen LogP contribution >= 0.6 is 0 Å². The highest BCUT2D eigenvalue weighted by atomic mass is 19.3. The Bertz CT molecular complexity index is 1030. The Balaban J connectivity index is 1.52. The Morgan fingerprint density at radius 2 is 2.03 bits per heavy atom. The van der Waals surface area contributed by atoms with Gasteiger partial charge in [0.25, 0.3) is 11.8 Å². The summed E-state index contributed by atoms with van der Waals surface area (Å²) >= 11 is 0. The van der Waals surface area contributed by atoms with E-state index >= 15 is 0 Å². The summed E-state index contributed by atoms with van der Waals surface area (Å²) in [6.07, 6.45) is -1.32. The van der Waals surface area contributed by atoms with Crippen molar-refractivity contribution >= 4 is 17.4 Å². The molecule has 1 saturated carbocycles. The molecule has 0 radical (unpaired) electrons. The van der Waals surface area contributed by atoms with E-state index in [1.54, 1.807) is 0 Å². The van der Waals surface area contributed by atoms with E-state index in [1.807, 2.05) is 0 Å². The number of nitrogens with zero attached hydrogens (tertiary/aromatic N) is 3. The second-order valence-electron chi connectivity index (χ2n) is 7.21. The molecule has 1 aromatic carbocycles. The fraction of sp³-hybridized carbons (Fsp3) is 0.368. The molecule has 0 bridgehead atoms. The van der Waals surface area contributed by atoms with E-state index in [0.29, 0.717) is 5.69 Å². The minimum absolute atomic E-state index is 0.0406. The molecule has 1 fully saturated rings. The number of aliphatic imine (C=N–C) groups is 1. The molecule has 30 heavy (non-hydrogen) atoms. The lowest BCUT2D eigenvalue weighted by Gasteiger charge is -2.18. The molecule has 11 heteroatoms. The van der Waals surface area contributed by atoms with Crippen molar-refractivity contribution in [3.8, 4) is 0 Å². The van der Waals surface area contributed by atoms with Crippen LogP contribution in [0.25, 0.3) is 0 Å². The summed E-state index contributed by atoms with van der Waals surface area (Å²) < 4.78 is 54.2. The number of aromatic nitrogens is 2. The van der Waals surface area contributed by atoms with Crippen LogP contribution in [0.1, 0.15) is 29.7 Å². The number of carbonyl (C=O) groups is 1. The first-order chi connectivity index (χ1) is 14.2. The number of aliphatic hydroxyl groups excluding tert-OH is 1. The van der Waals surface area contributed by atoms with Crippen LogP contribution in [0.4, 0.5) is 23.4 Å². The van der Waals surface area contributed by atoms with Crippen LogP contribution in [0.15, 0.2) is 29.5 Å². The Morgan fingerprint density at radius 3 is 2.77 bits per heavy atom. The predicted molar refractivity (Wildman–Crippen MR) is 98.1 cm³/mol. The summed E-state index contributed by atoms with van der Waals surface area (Å²) in [6, 6.07) is 1.94. The number of nitrogens with one attached hydrogen (secondary N) is 2. The Labute approximate surface area is 168 Å². The van der Waals surface area contributed by atoms with Gasteiger partial charge in [0.15, 0.2) is 0 Å². The average Bonchev–Trinajstić information content (AvgIpc) is 3.23. The number of rotatable bonds is 5. The normalized spacial score (nSPS) is 21.8. The molecule has 0 saturated heterocycles. The number of aliphatic hydroxyl groups is 1. The van der Waals surface area contributed by atoms with Gasteiger partial charge in [-0.1, -0.05) is 0 Å². The summed E-state index contributed by atoms with van der Waals surface area (Å²) in [6.45, 7) is -0.201. The zero-order chi connectivity index (χ0) is 21.5. The Kier molecular flexibility index (Phi) is 5.14. The number of anilines is 1. The summed E-state index contributed by atoms with van der Waals surface area (Å²) in [5.41, 5.74) is 0.552. The van der Waals surface area contributed by atoms with Gasteiger partial charge in [0.2, 0.25) is 0 Å². The molecule has 2 heterocycles. The molecule has 1 aliphatic heterocycles. The van der Waals surface area contributed by atoms with E-state index in [0.717, 1.165) is 18.2 Å². The number of carbonyl (C=O) groups excluding carboxylic acids is 1. The third-order valence-corrected chi connectivity index (χ3v) is 5.02. The van der Waals surface area contributed by atoms with Gasteiger partial charge in [-0.25, -0.2) is 27.5 Å². The highest BCUT2D eigenvalue weighted by molar-refractivity contribution is 6.47. The van der Waals surface area contributed by atoms with E-state index in [-0.39, 0.29) is 35.7 Å². The molecule has 0 unspecified atom stereocenters. The predicted octanol–water partition coefficient (Wildman–Crippen LogP) is 1.94. The molecular weight excluding hydrogens is 406 g/mol. The Morgan fingerprint density at radius 1 is 1.23 bits per heavy atom. The number of amides is 1. The maximum Gasteiger partial charge on any atom is 0.270 e. The lowest BCUT2D eigenvalue weighted by molar-refractivity contribution is -0.114. The topological polar surface area (TPSA) is 99.5 Å². The zero-order valence-corrected chi connectivity index (χ0v) is 15.5. The molecule has 2 aliphatic rings. The van der Waals surface area contributed by atoms with Crippen LogP contribution < -0.4 is 10.6 Å². The fourth-order valence-corrected chi connectivity index (χ4v) is 3.57. The third kappa shape index (κ3) is 3.97. The molecule has 3 N–H and O–H groups in total. The average molecular weight is 423 g/mol. The first kappa shape index (κ1) is 20.2. The van der Waals surface area contributed by atoms with Crippen LogP contribution in [-0.4, -0.2) is 44.8 Å². The van der Waals surface area contributed by atoms with Crippen molar-refractivity contribution in [3.05, 3.63) is 53.0 Å². The van der Waals surface area contributed by atoms with Crippen LogP contribution in [-0.2, 0) is 17.9 Å². The van der Waals surface area contributed by atoms with E-state index in [1.165, 1.54) is 6.33 Å². The van der Waals surface area contributed by atoms with Crippen molar-refractivity contribution < 1.29 is 27.5 Å². The van der Waals surface area contributed by atoms with E-state index < -0.39 is 48.5 Å². The second-order valence-corrected chi connectivity index (χ2v) is 7.21. The third-order valence-electron chi connectivity index (χ3n) is 5.02. The zero-order valence-electron chi connectivity index (χ0n) is 15.5. The molecule has 2 aromatic rings. The smallest absolute Gasteiger partial charge is 0.270 e. The van der Waals surface area contributed by atoms with Crippen molar-refractivity contribution in [1.29, 1.82) is 0 Å². The van der Waals surface area contributed by atoms with Crippen molar-refractivity contribution in [2.45, 2.75) is 44.0 Å². The van der Waals surface area contributed by atoms with E-state index in [9.17, 15) is 27.5 Å². The number of halogens is 4. The molecule has 1 aromatic heterocycles. The summed E-state index contributed by atoms with van der Waals surface area (Å²) in [4.78, 5) is 24.8. The van der Waals surface area contributed by atoms with Crippen LogP contribution in [0, 0.1) is 11.6 Å². The number of fused-ring (bicyclic) bond motifs is 1. The van der Waals surface area contributed by atoms with Crippen LogP contribution in [0.5, 0.6) is 0 Å². The van der Waals surface area contributed by atoms with Gasteiger partial charge in [-0.15, -0.1) is 0 Å². The molecule has 158 valence electrons. The number of benzene rings is 1. The number of hydrogen-bond acceptors (Lipinski definition) is 6. The van der Waals surface area contributed by atoms with E-state index in [2.05, 4.69) is 25.6 Å². The van der Waals surface area contributed by atoms with Gasteiger partial charge < -0.3 is 15.7 Å². The van der Waals surface area contributed by atoms with E-state index in [4.69, 9.17) is 0 Å². The van der Waals surface area contributed by atoms with Gasteiger partial charge >= 0.3 is 0 Å². The number of hydrogen-bond donors (Lipinski definition) is 3. The van der Waals surface area contributed by atoms with Gasteiger partial charge in [0.05, 0.1) is 29.9 Å². The molecular formula is C19H17F4N5O2. The molecule has 0 spiro atoms.